The zero-order valence-corrected chi connectivity index (χ0v) is 10.8. The Morgan fingerprint density at radius 2 is 1.74 bits per heavy atom. The summed E-state index contributed by atoms with van der Waals surface area (Å²) in [6.07, 6.45) is -1.26. The highest BCUT2D eigenvalue weighted by molar-refractivity contribution is 5.67. The monoisotopic (exact) mass is 272 g/mol. The second kappa shape index (κ2) is 4.43. The highest BCUT2D eigenvalue weighted by atomic mass is 16.8. The van der Waals surface area contributed by atoms with Gasteiger partial charge in [-0.25, -0.2) is 0 Å². The molecule has 2 heterocycles. The summed E-state index contributed by atoms with van der Waals surface area (Å²) in [5, 5.41) is 0. The van der Waals surface area contributed by atoms with Gasteiger partial charge >= 0.3 is 11.9 Å². The van der Waals surface area contributed by atoms with Gasteiger partial charge in [-0.3, -0.25) is 9.59 Å². The molecule has 0 aromatic heterocycles. The van der Waals surface area contributed by atoms with Gasteiger partial charge in [0.15, 0.2) is 11.9 Å². The van der Waals surface area contributed by atoms with Crippen molar-refractivity contribution in [1.82, 2.24) is 0 Å². The molecule has 3 aliphatic rings. The minimum atomic E-state index is -0.860. The third-order valence-electron chi connectivity index (χ3n) is 3.66. The Morgan fingerprint density at radius 1 is 1.11 bits per heavy atom. The molecule has 7 heteroatoms. The lowest BCUT2D eigenvalue weighted by molar-refractivity contribution is -0.281. The van der Waals surface area contributed by atoms with Crippen LogP contribution in [-0.2, 0) is 33.3 Å². The number of fused-ring (bicyclic) bond motifs is 3. The van der Waals surface area contributed by atoms with Crippen LogP contribution in [-0.4, -0.2) is 49.4 Å². The Bertz CT molecular complexity index is 401. The number of esters is 2. The first kappa shape index (κ1) is 12.8. The molecule has 1 unspecified atom stereocenters. The lowest BCUT2D eigenvalue weighted by Crippen LogP contribution is -2.47. The zero-order valence-electron chi connectivity index (χ0n) is 10.8. The van der Waals surface area contributed by atoms with Crippen LogP contribution in [0, 0.1) is 5.92 Å². The van der Waals surface area contributed by atoms with Crippen LogP contribution in [0.2, 0.25) is 0 Å². The third kappa shape index (κ3) is 2.01. The first-order chi connectivity index (χ1) is 9.02. The molecule has 4 atom stereocenters. The van der Waals surface area contributed by atoms with E-state index in [1.807, 2.05) is 0 Å². The Morgan fingerprint density at radius 3 is 2.32 bits per heavy atom. The van der Waals surface area contributed by atoms with E-state index in [2.05, 4.69) is 0 Å². The molecule has 2 saturated heterocycles. The van der Waals surface area contributed by atoms with E-state index in [9.17, 15) is 9.59 Å². The highest BCUT2D eigenvalue weighted by Gasteiger charge is 2.68. The van der Waals surface area contributed by atoms with Gasteiger partial charge in [0, 0.05) is 20.3 Å². The van der Waals surface area contributed by atoms with Crippen LogP contribution < -0.4 is 0 Å². The molecule has 2 bridgehead atoms. The summed E-state index contributed by atoms with van der Waals surface area (Å²) in [5.74, 6) is -1.94. The first-order valence-electron chi connectivity index (χ1n) is 6.30. The first-order valence-corrected chi connectivity index (χ1v) is 6.30. The summed E-state index contributed by atoms with van der Waals surface area (Å²) in [4.78, 5) is 22.2. The number of ether oxygens (including phenoxy) is 5. The molecule has 1 saturated carbocycles. The van der Waals surface area contributed by atoms with Gasteiger partial charge in [-0.15, -0.1) is 0 Å². The third-order valence-corrected chi connectivity index (χ3v) is 3.66. The molecule has 7 nitrogen and oxygen atoms in total. The molecule has 0 radical (unpaired) electrons. The molecule has 0 aromatic carbocycles. The van der Waals surface area contributed by atoms with Crippen LogP contribution >= 0.6 is 0 Å². The van der Waals surface area contributed by atoms with Crippen LogP contribution in [0.3, 0.4) is 0 Å². The SMILES string of the molecule is CC(=O)OC1[C@H]2CC3(OCCO3)[C@@H]1O[C@H]2OC(C)=O. The Balaban J connectivity index is 1.80. The van der Waals surface area contributed by atoms with Gasteiger partial charge in [0.25, 0.3) is 0 Å². The number of carbonyl (C=O) groups excluding carboxylic acids is 2. The summed E-state index contributed by atoms with van der Waals surface area (Å²) < 4.78 is 27.3. The zero-order chi connectivity index (χ0) is 13.6. The van der Waals surface area contributed by atoms with E-state index in [1.165, 1.54) is 13.8 Å². The van der Waals surface area contributed by atoms with Crippen molar-refractivity contribution in [2.24, 2.45) is 5.92 Å². The van der Waals surface area contributed by atoms with Gasteiger partial charge in [-0.2, -0.15) is 0 Å². The fourth-order valence-electron chi connectivity index (χ4n) is 3.09. The number of carbonyl (C=O) groups is 2. The molecule has 3 rings (SSSR count). The van der Waals surface area contributed by atoms with E-state index in [4.69, 9.17) is 23.7 Å². The average Bonchev–Trinajstić information content (AvgIpc) is 2.95. The van der Waals surface area contributed by atoms with Crippen molar-refractivity contribution in [2.75, 3.05) is 13.2 Å². The molecule has 0 amide bonds. The van der Waals surface area contributed by atoms with Gasteiger partial charge in [0.05, 0.1) is 19.1 Å². The molecule has 1 spiro atoms. The lowest BCUT2D eigenvalue weighted by Gasteiger charge is -2.33. The minimum Gasteiger partial charge on any atom is -0.459 e. The Labute approximate surface area is 110 Å². The molecule has 0 N–H and O–H groups in total. The standard InChI is InChI=1S/C12H16O7/c1-6(13)17-9-8-5-12(15-3-4-16-12)10(9)19-11(8)18-7(2)14/h8-11H,3-5H2,1-2H3/t8-,9?,10-,11-/m1/s1. The number of hydrogen-bond donors (Lipinski definition) is 0. The molecular weight excluding hydrogens is 256 g/mol. The van der Waals surface area contributed by atoms with Crippen LogP contribution in [0.15, 0.2) is 0 Å². The van der Waals surface area contributed by atoms with Crippen LogP contribution in [0.4, 0.5) is 0 Å². The summed E-state index contributed by atoms with van der Waals surface area (Å²) in [7, 11) is 0. The second-order valence-corrected chi connectivity index (χ2v) is 4.99. The molecule has 19 heavy (non-hydrogen) atoms. The number of rotatable bonds is 2. The maximum Gasteiger partial charge on any atom is 0.304 e. The van der Waals surface area contributed by atoms with Crippen molar-refractivity contribution in [3.05, 3.63) is 0 Å². The minimum absolute atomic E-state index is 0.254. The van der Waals surface area contributed by atoms with Gasteiger partial charge in [-0.1, -0.05) is 0 Å². The summed E-state index contributed by atoms with van der Waals surface area (Å²) >= 11 is 0. The van der Waals surface area contributed by atoms with Gasteiger partial charge in [-0.05, 0) is 0 Å². The normalized spacial score (nSPS) is 38.6. The Hall–Kier alpha value is -1.18. The van der Waals surface area contributed by atoms with E-state index in [0.29, 0.717) is 19.6 Å². The van der Waals surface area contributed by atoms with Gasteiger partial charge < -0.3 is 23.7 Å². The fraction of sp³-hybridized carbons (Fsp3) is 0.833. The molecule has 1 aliphatic carbocycles. The van der Waals surface area contributed by atoms with Crippen molar-refractivity contribution in [3.63, 3.8) is 0 Å². The topological polar surface area (TPSA) is 80.3 Å². The largest absolute Gasteiger partial charge is 0.459 e. The van der Waals surface area contributed by atoms with Gasteiger partial charge in [0.1, 0.15) is 6.10 Å². The average molecular weight is 272 g/mol. The van der Waals surface area contributed by atoms with Crippen molar-refractivity contribution < 1.29 is 33.3 Å². The van der Waals surface area contributed by atoms with E-state index < -0.39 is 36.2 Å². The van der Waals surface area contributed by atoms with Crippen molar-refractivity contribution in [2.45, 2.75) is 44.6 Å². The summed E-state index contributed by atoms with van der Waals surface area (Å²) in [6, 6.07) is 0. The predicted molar refractivity (Wildman–Crippen MR) is 58.7 cm³/mol. The molecule has 2 aliphatic heterocycles. The maximum atomic E-state index is 11.2. The Kier molecular flexibility index (Phi) is 2.99. The van der Waals surface area contributed by atoms with E-state index in [-0.39, 0.29) is 5.92 Å². The molecule has 106 valence electrons. The van der Waals surface area contributed by atoms with E-state index in [0.717, 1.165) is 0 Å². The van der Waals surface area contributed by atoms with Gasteiger partial charge in [0.2, 0.25) is 6.29 Å². The number of hydrogen-bond acceptors (Lipinski definition) is 7. The van der Waals surface area contributed by atoms with Crippen LogP contribution in [0.5, 0.6) is 0 Å². The van der Waals surface area contributed by atoms with E-state index >= 15 is 0 Å². The lowest BCUT2D eigenvalue weighted by atomic mass is 10.1. The van der Waals surface area contributed by atoms with Crippen LogP contribution in [0.1, 0.15) is 20.3 Å². The van der Waals surface area contributed by atoms with Crippen molar-refractivity contribution in [1.29, 1.82) is 0 Å². The quantitative estimate of drug-likeness (QED) is 0.653. The molecule has 0 aromatic rings. The summed E-state index contributed by atoms with van der Waals surface area (Å²) in [5.41, 5.74) is 0. The summed E-state index contributed by atoms with van der Waals surface area (Å²) in [6.45, 7) is 3.62. The smallest absolute Gasteiger partial charge is 0.304 e. The van der Waals surface area contributed by atoms with Crippen molar-refractivity contribution in [3.8, 4) is 0 Å². The molecule has 3 fully saturated rings. The highest BCUT2D eigenvalue weighted by Crippen LogP contribution is 2.52. The molecular formula is C12H16O7. The van der Waals surface area contributed by atoms with Crippen molar-refractivity contribution >= 4 is 11.9 Å². The predicted octanol–water partition coefficient (Wildman–Crippen LogP) is -0.0309. The second-order valence-electron chi connectivity index (χ2n) is 4.99. The maximum absolute atomic E-state index is 11.2. The fourth-order valence-corrected chi connectivity index (χ4v) is 3.09. The van der Waals surface area contributed by atoms with E-state index in [1.54, 1.807) is 0 Å². The van der Waals surface area contributed by atoms with Crippen LogP contribution in [0.25, 0.3) is 0 Å².